The molecule has 0 spiro atoms. The monoisotopic (exact) mass is 297 g/mol. The molecule has 4 aliphatic carbocycles. The zero-order chi connectivity index (χ0) is 15.2. The van der Waals surface area contributed by atoms with Gasteiger partial charge >= 0.3 is 0 Å². The van der Waals surface area contributed by atoms with Crippen molar-refractivity contribution in [2.45, 2.75) is 63.3 Å². The number of nitrogens with one attached hydrogen (secondary N) is 1. The van der Waals surface area contributed by atoms with E-state index in [0.29, 0.717) is 0 Å². The van der Waals surface area contributed by atoms with E-state index >= 15 is 0 Å². The fourth-order valence-corrected chi connectivity index (χ4v) is 5.87. The quantitative estimate of drug-likeness (QED) is 0.883. The van der Waals surface area contributed by atoms with Gasteiger partial charge in [0.05, 0.1) is 5.92 Å². The smallest absolute Gasteiger partial charge is 0.227 e. The Bertz CT molecular complexity index is 515. The molecule has 0 radical (unpaired) electrons. The molecule has 0 aromatic heterocycles. The summed E-state index contributed by atoms with van der Waals surface area (Å²) in [5.74, 6) is 2.90. The molecular formula is C20H27NO. The van der Waals surface area contributed by atoms with E-state index in [9.17, 15) is 4.79 Å². The summed E-state index contributed by atoms with van der Waals surface area (Å²) >= 11 is 0. The van der Waals surface area contributed by atoms with Crippen LogP contribution in [0.15, 0.2) is 30.3 Å². The maximum Gasteiger partial charge on any atom is 0.227 e. The molecule has 5 rings (SSSR count). The molecule has 22 heavy (non-hydrogen) atoms. The molecule has 1 aromatic carbocycles. The van der Waals surface area contributed by atoms with Crippen molar-refractivity contribution in [3.8, 4) is 0 Å². The minimum atomic E-state index is 0.00852. The average molecular weight is 297 g/mol. The molecule has 1 N–H and O–H groups in total. The number of hydrogen-bond donors (Lipinski definition) is 1. The van der Waals surface area contributed by atoms with Gasteiger partial charge in [-0.25, -0.2) is 0 Å². The molecule has 0 heterocycles. The molecule has 0 unspecified atom stereocenters. The van der Waals surface area contributed by atoms with Crippen LogP contribution in [0.1, 0.15) is 63.4 Å². The molecule has 4 bridgehead atoms. The number of benzene rings is 1. The third-order valence-electron chi connectivity index (χ3n) is 6.35. The molecule has 1 amide bonds. The van der Waals surface area contributed by atoms with Crippen LogP contribution in [-0.4, -0.2) is 11.4 Å². The Balaban J connectivity index is 1.52. The van der Waals surface area contributed by atoms with Gasteiger partial charge in [-0.3, -0.25) is 4.79 Å². The average Bonchev–Trinajstić information content (AvgIpc) is 2.47. The van der Waals surface area contributed by atoms with E-state index in [1.54, 1.807) is 0 Å². The van der Waals surface area contributed by atoms with Gasteiger partial charge in [0, 0.05) is 5.54 Å². The van der Waals surface area contributed by atoms with Crippen molar-refractivity contribution in [1.82, 2.24) is 5.32 Å². The van der Waals surface area contributed by atoms with Crippen molar-refractivity contribution in [2.24, 2.45) is 17.8 Å². The Morgan fingerprint density at radius 2 is 1.64 bits per heavy atom. The minimum Gasteiger partial charge on any atom is -0.350 e. The fourth-order valence-electron chi connectivity index (χ4n) is 5.87. The van der Waals surface area contributed by atoms with E-state index in [2.05, 4.69) is 24.4 Å². The summed E-state index contributed by atoms with van der Waals surface area (Å²) in [6.45, 7) is 2.12. The van der Waals surface area contributed by atoms with Gasteiger partial charge in [-0.1, -0.05) is 37.3 Å². The SMILES string of the molecule is CC[C@H](C(=O)NC12CC3CC(CC(C3)C1)C2)c1ccccc1. The van der Waals surface area contributed by atoms with Crippen molar-refractivity contribution in [1.29, 1.82) is 0 Å². The van der Waals surface area contributed by atoms with Crippen molar-refractivity contribution < 1.29 is 4.79 Å². The molecule has 4 fully saturated rings. The summed E-state index contributed by atoms with van der Waals surface area (Å²) < 4.78 is 0. The maximum atomic E-state index is 12.9. The van der Waals surface area contributed by atoms with E-state index in [-0.39, 0.29) is 17.4 Å². The van der Waals surface area contributed by atoms with Crippen molar-refractivity contribution in [3.05, 3.63) is 35.9 Å². The lowest BCUT2D eigenvalue weighted by Crippen LogP contribution is -2.60. The minimum absolute atomic E-state index is 0.00852. The normalized spacial score (nSPS) is 37.0. The van der Waals surface area contributed by atoms with Crippen LogP contribution in [0.4, 0.5) is 0 Å². The summed E-state index contributed by atoms with van der Waals surface area (Å²) in [6, 6.07) is 10.3. The largest absolute Gasteiger partial charge is 0.350 e. The van der Waals surface area contributed by atoms with Gasteiger partial charge in [0.1, 0.15) is 0 Å². The van der Waals surface area contributed by atoms with Crippen LogP contribution in [0, 0.1) is 17.8 Å². The third-order valence-corrected chi connectivity index (χ3v) is 6.35. The third kappa shape index (κ3) is 2.47. The summed E-state index contributed by atoms with van der Waals surface area (Å²) in [4.78, 5) is 12.9. The number of amides is 1. The first kappa shape index (κ1) is 14.3. The van der Waals surface area contributed by atoms with Crippen LogP contribution in [0.25, 0.3) is 0 Å². The Hall–Kier alpha value is -1.31. The number of rotatable bonds is 4. The van der Waals surface area contributed by atoms with Gasteiger partial charge in [0.25, 0.3) is 0 Å². The molecule has 0 aliphatic heterocycles. The van der Waals surface area contributed by atoms with Crippen molar-refractivity contribution in [2.75, 3.05) is 0 Å². The highest BCUT2D eigenvalue weighted by Crippen LogP contribution is 2.55. The van der Waals surface area contributed by atoms with Gasteiger partial charge in [-0.2, -0.15) is 0 Å². The Morgan fingerprint density at radius 3 is 2.14 bits per heavy atom. The molecular weight excluding hydrogens is 270 g/mol. The van der Waals surface area contributed by atoms with Gasteiger partial charge in [0.15, 0.2) is 0 Å². The Labute approximate surface area is 133 Å². The Morgan fingerprint density at radius 1 is 1.09 bits per heavy atom. The van der Waals surface area contributed by atoms with Gasteiger partial charge in [-0.05, 0) is 68.3 Å². The first-order valence-corrected chi connectivity index (χ1v) is 9.04. The Kier molecular flexibility index (Phi) is 3.51. The van der Waals surface area contributed by atoms with Crippen LogP contribution in [0.5, 0.6) is 0 Å². The van der Waals surface area contributed by atoms with E-state index in [1.807, 2.05) is 18.2 Å². The highest BCUT2D eigenvalue weighted by molar-refractivity contribution is 5.84. The van der Waals surface area contributed by atoms with E-state index in [4.69, 9.17) is 0 Å². The molecule has 2 nitrogen and oxygen atoms in total. The second-order valence-electron chi connectivity index (χ2n) is 8.06. The number of hydrogen-bond acceptors (Lipinski definition) is 1. The van der Waals surface area contributed by atoms with Gasteiger partial charge < -0.3 is 5.32 Å². The van der Waals surface area contributed by atoms with Crippen molar-refractivity contribution >= 4 is 5.91 Å². The van der Waals surface area contributed by atoms with Crippen LogP contribution in [-0.2, 0) is 4.79 Å². The molecule has 4 aliphatic rings. The van der Waals surface area contributed by atoms with Crippen LogP contribution >= 0.6 is 0 Å². The fraction of sp³-hybridized carbons (Fsp3) is 0.650. The highest BCUT2D eigenvalue weighted by atomic mass is 16.2. The summed E-state index contributed by atoms with van der Waals surface area (Å²) in [7, 11) is 0. The van der Waals surface area contributed by atoms with Crippen LogP contribution in [0.2, 0.25) is 0 Å². The summed E-state index contributed by atoms with van der Waals surface area (Å²) in [6.07, 6.45) is 8.84. The zero-order valence-electron chi connectivity index (χ0n) is 13.6. The second kappa shape index (κ2) is 5.40. The molecule has 0 saturated heterocycles. The predicted octanol–water partition coefficient (Wildman–Crippen LogP) is 4.27. The first-order valence-electron chi connectivity index (χ1n) is 9.04. The van der Waals surface area contributed by atoms with E-state index < -0.39 is 0 Å². The van der Waals surface area contributed by atoms with Crippen LogP contribution < -0.4 is 5.32 Å². The molecule has 1 atom stereocenters. The lowest BCUT2D eigenvalue weighted by Gasteiger charge is -2.57. The highest BCUT2D eigenvalue weighted by Gasteiger charge is 2.51. The van der Waals surface area contributed by atoms with Gasteiger partial charge in [0.2, 0.25) is 5.91 Å². The van der Waals surface area contributed by atoms with E-state index in [0.717, 1.165) is 29.7 Å². The lowest BCUT2D eigenvalue weighted by molar-refractivity contribution is -0.128. The first-order chi connectivity index (χ1) is 10.7. The predicted molar refractivity (Wildman–Crippen MR) is 88.5 cm³/mol. The standard InChI is InChI=1S/C20H27NO/c1-2-18(17-6-4-3-5-7-17)19(22)21-20-11-14-8-15(12-20)10-16(9-14)13-20/h3-7,14-16,18H,2,8-13H2,1H3,(H,21,22)/t14?,15?,16?,18-,20?/m0/s1. The van der Waals surface area contributed by atoms with Gasteiger partial charge in [-0.15, -0.1) is 0 Å². The maximum absolute atomic E-state index is 12.9. The summed E-state index contributed by atoms with van der Waals surface area (Å²) in [5.41, 5.74) is 1.29. The van der Waals surface area contributed by atoms with Crippen molar-refractivity contribution in [3.63, 3.8) is 0 Å². The summed E-state index contributed by atoms with van der Waals surface area (Å²) in [5, 5.41) is 3.54. The van der Waals surface area contributed by atoms with E-state index in [1.165, 1.54) is 38.5 Å². The lowest BCUT2D eigenvalue weighted by atomic mass is 9.53. The zero-order valence-corrected chi connectivity index (χ0v) is 13.6. The number of carbonyl (C=O) groups is 1. The number of carbonyl (C=O) groups excluding carboxylic acids is 1. The topological polar surface area (TPSA) is 29.1 Å². The molecule has 1 aromatic rings. The second-order valence-corrected chi connectivity index (χ2v) is 8.06. The molecule has 2 heteroatoms. The van der Waals surface area contributed by atoms with Crippen LogP contribution in [0.3, 0.4) is 0 Å². The molecule has 118 valence electrons. The molecule has 4 saturated carbocycles.